The van der Waals surface area contributed by atoms with Crippen molar-refractivity contribution >= 4 is 0 Å². The minimum absolute atomic E-state index is 0.729. The van der Waals surface area contributed by atoms with Gasteiger partial charge in [0.25, 0.3) is 0 Å². The second-order valence-electron chi connectivity index (χ2n) is 8.11. The molecule has 2 heteroatoms. The number of aliphatic hydroxyl groups is 2. The van der Waals surface area contributed by atoms with Crippen LogP contribution in [0.1, 0.15) is 103 Å². The van der Waals surface area contributed by atoms with Crippen LogP contribution in [0.4, 0.5) is 0 Å². The average Bonchev–Trinajstić information content (AvgIpc) is 2.81. The third-order valence-corrected chi connectivity index (χ3v) is 5.15. The monoisotopic (exact) mass is 436 g/mol. The lowest BCUT2D eigenvalue weighted by molar-refractivity contribution is 0.280. The van der Waals surface area contributed by atoms with Crippen LogP contribution in [0.2, 0.25) is 0 Å². The third kappa shape index (κ3) is 24.1. The topological polar surface area (TPSA) is 40.5 Å². The quantitative estimate of drug-likeness (QED) is 0.131. The summed E-state index contributed by atoms with van der Waals surface area (Å²) in [5.41, 5.74) is 0. The maximum absolute atomic E-state index is 9.20. The van der Waals surface area contributed by atoms with Crippen LogP contribution in [0.15, 0.2) is 36.5 Å². The van der Waals surface area contributed by atoms with Gasteiger partial charge in [0.05, 0.1) is 0 Å². The fourth-order valence-corrected chi connectivity index (χ4v) is 3.22. The van der Waals surface area contributed by atoms with Gasteiger partial charge in [-0.05, 0) is 57.1 Å². The zero-order valence-corrected chi connectivity index (χ0v) is 20.0. The van der Waals surface area contributed by atoms with E-state index in [-0.39, 0.29) is 0 Å². The van der Waals surface area contributed by atoms with Crippen molar-refractivity contribution in [1.82, 2.24) is 0 Å². The molecule has 2 atom stereocenters. The number of aliphatic hydroxyl groups excluding tert-OH is 2. The van der Waals surface area contributed by atoms with Crippen molar-refractivity contribution in [3.05, 3.63) is 36.5 Å². The van der Waals surface area contributed by atoms with E-state index in [1.807, 2.05) is 12.2 Å². The number of rotatable bonds is 19. The molecule has 32 heavy (non-hydrogen) atoms. The van der Waals surface area contributed by atoms with E-state index < -0.39 is 12.2 Å². The summed E-state index contributed by atoms with van der Waals surface area (Å²) >= 11 is 0. The number of unbranched alkanes of at least 4 members (excludes halogenated alkanes) is 13. The SMILES string of the molecule is C#C[C@@H](O)/C=C/CCCCCCC#CC/C=C\CCCCCCCCC/C=C/[C@@H](O)C#C. The van der Waals surface area contributed by atoms with Crippen molar-refractivity contribution < 1.29 is 10.2 Å². The molecule has 0 aliphatic carbocycles. The minimum Gasteiger partial charge on any atom is -0.377 e. The molecule has 0 saturated carbocycles. The fraction of sp³-hybridized carbons (Fsp3) is 0.600. The summed E-state index contributed by atoms with van der Waals surface area (Å²) in [5, 5.41) is 18.4. The zero-order chi connectivity index (χ0) is 23.5. The first kappa shape index (κ1) is 29.8. The van der Waals surface area contributed by atoms with Crippen LogP contribution in [0, 0.1) is 36.5 Å². The lowest BCUT2D eigenvalue weighted by Crippen LogP contribution is -1.95. The molecular formula is C30H44O2. The number of terminal acetylenes is 2. The van der Waals surface area contributed by atoms with E-state index in [1.54, 1.807) is 12.2 Å². The summed E-state index contributed by atoms with van der Waals surface area (Å²) in [6.07, 6.45) is 39.2. The van der Waals surface area contributed by atoms with Crippen LogP contribution < -0.4 is 0 Å². The molecule has 0 amide bonds. The Bertz CT molecular complexity index is 645. The van der Waals surface area contributed by atoms with Gasteiger partial charge in [0.1, 0.15) is 12.2 Å². The van der Waals surface area contributed by atoms with Gasteiger partial charge < -0.3 is 10.2 Å². The standard InChI is InChI=1S/C30H44O2/c1-3-29(31)27-25-23-21-19-17-15-13-11-9-7-5-6-8-10-12-14-16-18-20-22-24-26-28-30(32)4-2/h1-2,5-6,25-32H,7-9,11,13-24H2/b6-5-,27-25+,28-26+/t29-,30+/m0/s1. The first-order chi connectivity index (χ1) is 15.7. The van der Waals surface area contributed by atoms with Crippen molar-refractivity contribution in [2.45, 2.75) is 115 Å². The Morgan fingerprint density at radius 3 is 1.47 bits per heavy atom. The molecule has 0 radical (unpaired) electrons. The molecule has 0 saturated heterocycles. The van der Waals surface area contributed by atoms with Crippen LogP contribution in [0.25, 0.3) is 0 Å². The number of hydrogen-bond acceptors (Lipinski definition) is 2. The van der Waals surface area contributed by atoms with E-state index in [1.165, 1.54) is 64.2 Å². The minimum atomic E-state index is -0.740. The van der Waals surface area contributed by atoms with Crippen LogP contribution in [-0.2, 0) is 0 Å². The van der Waals surface area contributed by atoms with Crippen molar-refractivity contribution in [1.29, 1.82) is 0 Å². The predicted octanol–water partition coefficient (Wildman–Crippen LogP) is 6.89. The van der Waals surface area contributed by atoms with Crippen molar-refractivity contribution in [2.24, 2.45) is 0 Å². The molecule has 0 bridgehead atoms. The Labute approximate surface area is 198 Å². The van der Waals surface area contributed by atoms with Gasteiger partial charge in [0, 0.05) is 12.8 Å². The molecule has 0 aromatic carbocycles. The second-order valence-corrected chi connectivity index (χ2v) is 8.11. The summed E-state index contributed by atoms with van der Waals surface area (Å²) in [6, 6.07) is 0. The van der Waals surface area contributed by atoms with Gasteiger partial charge in [-0.2, -0.15) is 0 Å². The Hall–Kier alpha value is -2.18. The lowest BCUT2D eigenvalue weighted by atomic mass is 10.1. The van der Waals surface area contributed by atoms with E-state index in [2.05, 4.69) is 35.8 Å². The van der Waals surface area contributed by atoms with Crippen molar-refractivity contribution in [3.63, 3.8) is 0 Å². The maximum atomic E-state index is 9.20. The normalized spacial score (nSPS) is 13.1. The van der Waals surface area contributed by atoms with E-state index >= 15 is 0 Å². The van der Waals surface area contributed by atoms with Gasteiger partial charge >= 0.3 is 0 Å². The van der Waals surface area contributed by atoms with E-state index in [4.69, 9.17) is 12.8 Å². The van der Waals surface area contributed by atoms with Crippen LogP contribution in [-0.4, -0.2) is 22.4 Å². The second kappa shape index (κ2) is 25.1. The molecule has 2 N–H and O–H groups in total. The van der Waals surface area contributed by atoms with Gasteiger partial charge in [-0.1, -0.05) is 87.0 Å². The Kier molecular flexibility index (Phi) is 23.4. The van der Waals surface area contributed by atoms with Gasteiger partial charge in [0.2, 0.25) is 0 Å². The molecule has 0 aliphatic rings. The summed E-state index contributed by atoms with van der Waals surface area (Å²) in [6.45, 7) is 0. The molecule has 0 fully saturated rings. The molecule has 0 aromatic rings. The van der Waals surface area contributed by atoms with Gasteiger partial charge in [0.15, 0.2) is 0 Å². The van der Waals surface area contributed by atoms with E-state index in [0.717, 1.165) is 38.5 Å². The molecule has 0 heterocycles. The lowest BCUT2D eigenvalue weighted by Gasteiger charge is -2.00. The smallest absolute Gasteiger partial charge is 0.133 e. The van der Waals surface area contributed by atoms with Crippen LogP contribution in [0.5, 0.6) is 0 Å². The average molecular weight is 437 g/mol. The number of hydrogen-bond donors (Lipinski definition) is 2. The van der Waals surface area contributed by atoms with Crippen molar-refractivity contribution in [3.8, 4) is 36.5 Å². The first-order valence-corrected chi connectivity index (χ1v) is 12.4. The highest BCUT2D eigenvalue weighted by molar-refractivity contribution is 5.07. The zero-order valence-electron chi connectivity index (χ0n) is 20.0. The molecule has 0 aliphatic heterocycles. The molecule has 0 rings (SSSR count). The van der Waals surface area contributed by atoms with E-state index in [9.17, 15) is 10.2 Å². The summed E-state index contributed by atoms with van der Waals surface area (Å²) < 4.78 is 0. The molecule has 0 unspecified atom stereocenters. The fourth-order valence-electron chi connectivity index (χ4n) is 3.22. The Morgan fingerprint density at radius 1 is 0.531 bits per heavy atom. The largest absolute Gasteiger partial charge is 0.377 e. The predicted molar refractivity (Wildman–Crippen MR) is 139 cm³/mol. The highest BCUT2D eigenvalue weighted by atomic mass is 16.3. The van der Waals surface area contributed by atoms with Gasteiger partial charge in [-0.25, -0.2) is 0 Å². The van der Waals surface area contributed by atoms with Crippen molar-refractivity contribution in [2.75, 3.05) is 0 Å². The van der Waals surface area contributed by atoms with Gasteiger partial charge in [-0.3, -0.25) is 0 Å². The number of allylic oxidation sites excluding steroid dienone is 4. The van der Waals surface area contributed by atoms with Crippen LogP contribution in [0.3, 0.4) is 0 Å². The molecule has 0 aromatic heterocycles. The summed E-state index contributed by atoms with van der Waals surface area (Å²) in [7, 11) is 0. The maximum Gasteiger partial charge on any atom is 0.133 e. The van der Waals surface area contributed by atoms with E-state index in [0.29, 0.717) is 0 Å². The Morgan fingerprint density at radius 2 is 0.969 bits per heavy atom. The third-order valence-electron chi connectivity index (χ3n) is 5.15. The summed E-state index contributed by atoms with van der Waals surface area (Å²) in [4.78, 5) is 0. The highest BCUT2D eigenvalue weighted by Gasteiger charge is 1.93. The molecule has 176 valence electrons. The Balaban J connectivity index is 3.33. The van der Waals surface area contributed by atoms with Crippen LogP contribution >= 0.6 is 0 Å². The molecule has 2 nitrogen and oxygen atoms in total. The van der Waals surface area contributed by atoms with Gasteiger partial charge in [-0.15, -0.1) is 18.8 Å². The molecule has 0 spiro atoms. The first-order valence-electron chi connectivity index (χ1n) is 12.4. The summed E-state index contributed by atoms with van der Waals surface area (Å²) in [5.74, 6) is 11.1. The molecular weight excluding hydrogens is 392 g/mol. The highest BCUT2D eigenvalue weighted by Crippen LogP contribution is 2.10.